The molecule has 2 aromatic rings. The Labute approximate surface area is 132 Å². The van der Waals surface area contributed by atoms with Crippen molar-refractivity contribution >= 4 is 5.82 Å². The summed E-state index contributed by atoms with van der Waals surface area (Å²) in [5.74, 6) is 1.88. The quantitative estimate of drug-likeness (QED) is 0.870. The predicted molar refractivity (Wildman–Crippen MR) is 88.2 cm³/mol. The maximum Gasteiger partial charge on any atom is 0.132 e. The van der Waals surface area contributed by atoms with E-state index >= 15 is 0 Å². The highest BCUT2D eigenvalue weighted by molar-refractivity contribution is 5.40. The Hall–Kier alpha value is -1.94. The SMILES string of the molecule is CCc1cc(N2CCOC(Cc3ccccc3)C2)nc(C)n1. The van der Waals surface area contributed by atoms with Gasteiger partial charge in [-0.25, -0.2) is 9.97 Å². The number of aryl methyl sites for hydroxylation is 2. The Morgan fingerprint density at radius 1 is 1.23 bits per heavy atom. The molecule has 0 N–H and O–H groups in total. The van der Waals surface area contributed by atoms with Crippen LogP contribution in [0.3, 0.4) is 0 Å². The number of morpholine rings is 1. The van der Waals surface area contributed by atoms with Crippen molar-refractivity contribution in [2.75, 3.05) is 24.6 Å². The van der Waals surface area contributed by atoms with Gasteiger partial charge in [0.25, 0.3) is 0 Å². The van der Waals surface area contributed by atoms with Crippen LogP contribution in [0.2, 0.25) is 0 Å². The summed E-state index contributed by atoms with van der Waals surface area (Å²) in [5, 5.41) is 0. The van der Waals surface area contributed by atoms with Crippen molar-refractivity contribution in [2.45, 2.75) is 32.8 Å². The molecule has 4 nitrogen and oxygen atoms in total. The fourth-order valence-electron chi connectivity index (χ4n) is 2.88. The topological polar surface area (TPSA) is 38.2 Å². The van der Waals surface area contributed by atoms with E-state index in [9.17, 15) is 0 Å². The van der Waals surface area contributed by atoms with Crippen molar-refractivity contribution in [3.05, 3.63) is 53.5 Å². The maximum atomic E-state index is 5.94. The molecular weight excluding hydrogens is 274 g/mol. The average Bonchev–Trinajstić information content (AvgIpc) is 2.55. The van der Waals surface area contributed by atoms with Gasteiger partial charge >= 0.3 is 0 Å². The Morgan fingerprint density at radius 3 is 2.82 bits per heavy atom. The van der Waals surface area contributed by atoms with E-state index in [1.807, 2.05) is 13.0 Å². The van der Waals surface area contributed by atoms with Gasteiger partial charge in [-0.15, -0.1) is 0 Å². The zero-order chi connectivity index (χ0) is 15.4. The molecule has 0 aliphatic carbocycles. The molecule has 0 spiro atoms. The Morgan fingerprint density at radius 2 is 2.05 bits per heavy atom. The first-order valence-electron chi connectivity index (χ1n) is 7.99. The minimum absolute atomic E-state index is 0.219. The van der Waals surface area contributed by atoms with Crippen molar-refractivity contribution in [1.82, 2.24) is 9.97 Å². The lowest BCUT2D eigenvalue weighted by Gasteiger charge is -2.34. The summed E-state index contributed by atoms with van der Waals surface area (Å²) in [6, 6.07) is 12.6. The fraction of sp³-hybridized carbons (Fsp3) is 0.444. The first-order valence-corrected chi connectivity index (χ1v) is 7.99. The molecule has 4 heteroatoms. The Bertz CT molecular complexity index is 615. The van der Waals surface area contributed by atoms with Crippen LogP contribution in [0.4, 0.5) is 5.82 Å². The molecule has 1 unspecified atom stereocenters. The normalized spacial score (nSPS) is 18.5. The smallest absolute Gasteiger partial charge is 0.132 e. The third-order valence-corrected chi connectivity index (χ3v) is 4.01. The van der Waals surface area contributed by atoms with Crippen molar-refractivity contribution in [3.63, 3.8) is 0 Å². The highest BCUT2D eigenvalue weighted by Crippen LogP contribution is 2.19. The molecule has 2 heterocycles. The van der Waals surface area contributed by atoms with E-state index in [1.165, 1.54) is 5.56 Å². The van der Waals surface area contributed by atoms with Gasteiger partial charge in [-0.2, -0.15) is 0 Å². The lowest BCUT2D eigenvalue weighted by atomic mass is 10.1. The average molecular weight is 297 g/mol. The van der Waals surface area contributed by atoms with E-state index < -0.39 is 0 Å². The third kappa shape index (κ3) is 3.63. The van der Waals surface area contributed by atoms with Crippen LogP contribution in [0.25, 0.3) is 0 Å². The van der Waals surface area contributed by atoms with Crippen LogP contribution in [0, 0.1) is 6.92 Å². The van der Waals surface area contributed by atoms with E-state index in [-0.39, 0.29) is 6.10 Å². The molecule has 1 atom stereocenters. The van der Waals surface area contributed by atoms with Crippen LogP contribution in [0.1, 0.15) is 24.0 Å². The molecule has 3 rings (SSSR count). The molecule has 1 aromatic heterocycles. The van der Waals surface area contributed by atoms with Crippen molar-refractivity contribution in [1.29, 1.82) is 0 Å². The molecule has 1 saturated heterocycles. The summed E-state index contributed by atoms with van der Waals surface area (Å²) in [6.45, 7) is 6.62. The first-order chi connectivity index (χ1) is 10.7. The maximum absolute atomic E-state index is 5.94. The summed E-state index contributed by atoms with van der Waals surface area (Å²) in [4.78, 5) is 11.4. The Balaban J connectivity index is 1.71. The summed E-state index contributed by atoms with van der Waals surface area (Å²) in [7, 11) is 0. The Kier molecular flexibility index (Phi) is 4.68. The minimum Gasteiger partial charge on any atom is -0.374 e. The summed E-state index contributed by atoms with van der Waals surface area (Å²) < 4.78 is 5.94. The van der Waals surface area contributed by atoms with Gasteiger partial charge in [-0.05, 0) is 18.9 Å². The van der Waals surface area contributed by atoms with Crippen LogP contribution in [-0.4, -0.2) is 35.8 Å². The van der Waals surface area contributed by atoms with Gasteiger partial charge in [0.2, 0.25) is 0 Å². The van der Waals surface area contributed by atoms with Gasteiger partial charge in [0.1, 0.15) is 11.6 Å². The lowest BCUT2D eigenvalue weighted by Crippen LogP contribution is -2.44. The number of nitrogens with zero attached hydrogens (tertiary/aromatic N) is 3. The number of hydrogen-bond donors (Lipinski definition) is 0. The fourth-order valence-corrected chi connectivity index (χ4v) is 2.88. The van der Waals surface area contributed by atoms with Crippen molar-refractivity contribution in [3.8, 4) is 0 Å². The molecule has 1 aromatic carbocycles. The molecule has 0 saturated carbocycles. The predicted octanol–water partition coefficient (Wildman–Crippen LogP) is 2.80. The summed E-state index contributed by atoms with van der Waals surface area (Å²) in [6.07, 6.45) is 2.10. The van der Waals surface area contributed by atoms with Crippen LogP contribution in [-0.2, 0) is 17.6 Å². The largest absolute Gasteiger partial charge is 0.374 e. The molecule has 0 amide bonds. The van der Waals surface area contributed by atoms with Gasteiger partial charge in [-0.3, -0.25) is 0 Å². The van der Waals surface area contributed by atoms with Gasteiger partial charge in [0.05, 0.1) is 12.7 Å². The highest BCUT2D eigenvalue weighted by atomic mass is 16.5. The highest BCUT2D eigenvalue weighted by Gasteiger charge is 2.22. The number of rotatable bonds is 4. The van der Waals surface area contributed by atoms with E-state index in [4.69, 9.17) is 4.74 Å². The van der Waals surface area contributed by atoms with Crippen LogP contribution >= 0.6 is 0 Å². The van der Waals surface area contributed by atoms with E-state index in [2.05, 4.69) is 52.1 Å². The summed E-state index contributed by atoms with van der Waals surface area (Å²) >= 11 is 0. The molecule has 1 aliphatic rings. The van der Waals surface area contributed by atoms with Crippen molar-refractivity contribution in [2.24, 2.45) is 0 Å². The zero-order valence-corrected chi connectivity index (χ0v) is 13.3. The number of hydrogen-bond acceptors (Lipinski definition) is 4. The van der Waals surface area contributed by atoms with E-state index in [0.717, 1.165) is 49.9 Å². The van der Waals surface area contributed by atoms with Gasteiger partial charge < -0.3 is 9.64 Å². The third-order valence-electron chi connectivity index (χ3n) is 4.01. The molecule has 116 valence electrons. The van der Waals surface area contributed by atoms with E-state index in [1.54, 1.807) is 0 Å². The standard InChI is InChI=1S/C18H23N3O/c1-3-16-12-18(20-14(2)19-16)21-9-10-22-17(13-21)11-15-7-5-4-6-8-15/h4-8,12,17H,3,9-11,13H2,1-2H3. The number of benzene rings is 1. The molecule has 1 aliphatic heterocycles. The number of aromatic nitrogens is 2. The van der Waals surface area contributed by atoms with Gasteiger partial charge in [0.15, 0.2) is 0 Å². The van der Waals surface area contributed by atoms with E-state index in [0.29, 0.717) is 0 Å². The molecule has 0 bridgehead atoms. The molecule has 0 radical (unpaired) electrons. The lowest BCUT2D eigenvalue weighted by molar-refractivity contribution is 0.0408. The molecule has 1 fully saturated rings. The number of anilines is 1. The zero-order valence-electron chi connectivity index (χ0n) is 13.3. The molecule has 22 heavy (non-hydrogen) atoms. The summed E-state index contributed by atoms with van der Waals surface area (Å²) in [5.41, 5.74) is 2.43. The number of ether oxygens (including phenoxy) is 1. The second-order valence-electron chi connectivity index (χ2n) is 5.75. The monoisotopic (exact) mass is 297 g/mol. The van der Waals surface area contributed by atoms with Crippen LogP contribution in [0.15, 0.2) is 36.4 Å². The van der Waals surface area contributed by atoms with Crippen molar-refractivity contribution < 1.29 is 4.74 Å². The first kappa shape index (κ1) is 15.0. The minimum atomic E-state index is 0.219. The van der Waals surface area contributed by atoms with Gasteiger partial charge in [0, 0.05) is 31.3 Å². The van der Waals surface area contributed by atoms with Crippen LogP contribution < -0.4 is 4.90 Å². The second-order valence-corrected chi connectivity index (χ2v) is 5.75. The van der Waals surface area contributed by atoms with Crippen LogP contribution in [0.5, 0.6) is 0 Å². The second kappa shape index (κ2) is 6.88. The van der Waals surface area contributed by atoms with Gasteiger partial charge in [-0.1, -0.05) is 37.3 Å². The molecular formula is C18H23N3O.